The topological polar surface area (TPSA) is 55.8 Å². The first-order chi connectivity index (χ1) is 12.2. The SMILES string of the molecule is COc1ccccc1[C@]1(F)C(=O)N(C(=O)OC(C)(C)C)c2ccccc21. The molecular formula is C20H20FNO4. The van der Waals surface area contributed by atoms with Crippen LogP contribution >= 0.6 is 0 Å². The molecule has 2 aromatic carbocycles. The van der Waals surface area contributed by atoms with Crippen molar-refractivity contribution in [3.05, 3.63) is 59.7 Å². The van der Waals surface area contributed by atoms with Crippen LogP contribution in [0.15, 0.2) is 48.5 Å². The number of hydrogen-bond acceptors (Lipinski definition) is 4. The molecule has 1 aliphatic rings. The van der Waals surface area contributed by atoms with Gasteiger partial charge in [0.1, 0.15) is 11.4 Å². The second-order valence-electron chi connectivity index (χ2n) is 7.00. The fourth-order valence-electron chi connectivity index (χ4n) is 3.02. The number of hydrogen-bond donors (Lipinski definition) is 0. The summed E-state index contributed by atoms with van der Waals surface area (Å²) in [6, 6.07) is 12.6. The number of anilines is 1. The Morgan fingerprint density at radius 2 is 1.62 bits per heavy atom. The van der Waals surface area contributed by atoms with Gasteiger partial charge in [-0.15, -0.1) is 0 Å². The van der Waals surface area contributed by atoms with E-state index in [0.717, 1.165) is 4.90 Å². The molecule has 3 rings (SSSR count). The normalized spacial score (nSPS) is 19.3. The highest BCUT2D eigenvalue weighted by molar-refractivity contribution is 6.21. The van der Waals surface area contributed by atoms with Crippen molar-refractivity contribution in [1.29, 1.82) is 0 Å². The van der Waals surface area contributed by atoms with Crippen molar-refractivity contribution in [2.75, 3.05) is 12.0 Å². The third-order valence-corrected chi connectivity index (χ3v) is 4.07. The number of halogens is 1. The Kier molecular flexibility index (Phi) is 4.22. The predicted molar refractivity (Wildman–Crippen MR) is 95.0 cm³/mol. The van der Waals surface area contributed by atoms with Crippen LogP contribution in [0.5, 0.6) is 5.75 Å². The number of imide groups is 1. The Hall–Kier alpha value is -2.89. The molecule has 0 N–H and O–H groups in total. The molecule has 136 valence electrons. The number of methoxy groups -OCH3 is 1. The summed E-state index contributed by atoms with van der Waals surface area (Å²) < 4.78 is 26.8. The van der Waals surface area contributed by atoms with E-state index in [1.807, 2.05) is 0 Å². The molecule has 5 nitrogen and oxygen atoms in total. The Bertz CT molecular complexity index is 874. The molecular weight excluding hydrogens is 337 g/mol. The number of rotatable bonds is 2. The minimum Gasteiger partial charge on any atom is -0.496 e. The van der Waals surface area contributed by atoms with Crippen molar-refractivity contribution in [1.82, 2.24) is 0 Å². The maximum absolute atomic E-state index is 16.2. The minimum atomic E-state index is -2.54. The number of carbonyl (C=O) groups excluding carboxylic acids is 2. The van der Waals surface area contributed by atoms with Gasteiger partial charge in [-0.2, -0.15) is 0 Å². The average Bonchev–Trinajstić information content (AvgIpc) is 2.82. The fraction of sp³-hybridized carbons (Fsp3) is 0.300. The number of para-hydroxylation sites is 2. The van der Waals surface area contributed by atoms with Crippen molar-refractivity contribution in [2.45, 2.75) is 32.0 Å². The summed E-state index contributed by atoms with van der Waals surface area (Å²) in [6.45, 7) is 5.04. The first kappa shape index (κ1) is 17.9. The lowest BCUT2D eigenvalue weighted by Gasteiger charge is -2.25. The molecule has 0 unspecified atom stereocenters. The zero-order valence-electron chi connectivity index (χ0n) is 15.1. The van der Waals surface area contributed by atoms with Gasteiger partial charge < -0.3 is 9.47 Å². The van der Waals surface area contributed by atoms with Gasteiger partial charge in [0.05, 0.1) is 12.8 Å². The molecule has 0 aromatic heterocycles. The van der Waals surface area contributed by atoms with Crippen molar-refractivity contribution < 1.29 is 23.5 Å². The standard InChI is InChI=1S/C20H20FNO4/c1-19(2,3)26-18(24)22-15-11-7-5-9-13(15)20(21,17(22)23)14-10-6-8-12-16(14)25-4/h5-12H,1-4H3/t20-/m0/s1. The Balaban J connectivity index is 2.17. The lowest BCUT2D eigenvalue weighted by Crippen LogP contribution is -2.44. The number of nitrogens with zero attached hydrogens (tertiary/aromatic N) is 1. The molecule has 2 aromatic rings. The van der Waals surface area contributed by atoms with Crippen molar-refractivity contribution >= 4 is 17.7 Å². The zero-order chi connectivity index (χ0) is 19.1. The number of benzene rings is 2. The van der Waals surface area contributed by atoms with Gasteiger partial charge in [0, 0.05) is 11.1 Å². The quantitative estimate of drug-likeness (QED) is 0.809. The van der Waals surface area contributed by atoms with Crippen LogP contribution in [0.4, 0.5) is 14.9 Å². The van der Waals surface area contributed by atoms with Crippen LogP contribution in [-0.2, 0) is 15.2 Å². The van der Waals surface area contributed by atoms with Crippen molar-refractivity contribution in [3.63, 3.8) is 0 Å². The van der Waals surface area contributed by atoms with Gasteiger partial charge in [0.15, 0.2) is 0 Å². The second kappa shape index (κ2) is 6.12. The molecule has 6 heteroatoms. The van der Waals surface area contributed by atoms with Gasteiger partial charge in [0.2, 0.25) is 5.67 Å². The van der Waals surface area contributed by atoms with Crippen LogP contribution in [0.3, 0.4) is 0 Å². The Morgan fingerprint density at radius 1 is 1.04 bits per heavy atom. The summed E-state index contributed by atoms with van der Waals surface area (Å²) in [7, 11) is 1.40. The fourth-order valence-corrected chi connectivity index (χ4v) is 3.02. The van der Waals surface area contributed by atoms with Gasteiger partial charge in [-0.05, 0) is 32.9 Å². The van der Waals surface area contributed by atoms with E-state index in [0.29, 0.717) is 0 Å². The summed E-state index contributed by atoms with van der Waals surface area (Å²) >= 11 is 0. The molecule has 1 heterocycles. The van der Waals surface area contributed by atoms with Crippen LogP contribution in [0.25, 0.3) is 0 Å². The van der Waals surface area contributed by atoms with Gasteiger partial charge in [0.25, 0.3) is 5.91 Å². The first-order valence-electron chi connectivity index (χ1n) is 8.19. The number of alkyl halides is 1. The van der Waals surface area contributed by atoms with E-state index < -0.39 is 23.3 Å². The van der Waals surface area contributed by atoms with Gasteiger partial charge in [-0.25, -0.2) is 14.1 Å². The number of carbonyl (C=O) groups is 2. The van der Waals surface area contributed by atoms with E-state index in [-0.39, 0.29) is 22.6 Å². The molecule has 0 aliphatic carbocycles. The smallest absolute Gasteiger partial charge is 0.421 e. The van der Waals surface area contributed by atoms with Crippen LogP contribution in [0, 0.1) is 0 Å². The van der Waals surface area contributed by atoms with Crippen LogP contribution in [0.1, 0.15) is 31.9 Å². The molecule has 2 amide bonds. The van der Waals surface area contributed by atoms with Gasteiger partial charge in [-0.3, -0.25) is 4.79 Å². The lowest BCUT2D eigenvalue weighted by molar-refractivity contribution is -0.126. The van der Waals surface area contributed by atoms with Crippen LogP contribution < -0.4 is 9.64 Å². The summed E-state index contributed by atoms with van der Waals surface area (Å²) in [6.07, 6.45) is -0.913. The van der Waals surface area contributed by atoms with Crippen LogP contribution in [0.2, 0.25) is 0 Å². The first-order valence-corrected chi connectivity index (χ1v) is 8.19. The van der Waals surface area contributed by atoms with E-state index in [2.05, 4.69) is 0 Å². The largest absolute Gasteiger partial charge is 0.496 e. The van der Waals surface area contributed by atoms with E-state index in [9.17, 15) is 9.59 Å². The Labute approximate surface area is 151 Å². The monoisotopic (exact) mass is 357 g/mol. The lowest BCUT2D eigenvalue weighted by atomic mass is 9.88. The molecule has 0 saturated heterocycles. The number of ether oxygens (including phenoxy) is 2. The van der Waals surface area contributed by atoms with E-state index in [1.165, 1.54) is 25.3 Å². The zero-order valence-corrected chi connectivity index (χ0v) is 15.1. The summed E-state index contributed by atoms with van der Waals surface area (Å²) in [4.78, 5) is 26.4. The molecule has 0 fully saturated rings. The highest BCUT2D eigenvalue weighted by Gasteiger charge is 2.57. The van der Waals surface area contributed by atoms with Crippen LogP contribution in [-0.4, -0.2) is 24.7 Å². The van der Waals surface area contributed by atoms with E-state index >= 15 is 4.39 Å². The molecule has 1 atom stereocenters. The molecule has 0 saturated carbocycles. The molecule has 0 spiro atoms. The van der Waals surface area contributed by atoms with Crippen molar-refractivity contribution in [3.8, 4) is 5.75 Å². The van der Waals surface area contributed by atoms with E-state index in [4.69, 9.17) is 9.47 Å². The maximum Gasteiger partial charge on any atom is 0.421 e. The third-order valence-electron chi connectivity index (χ3n) is 4.07. The summed E-state index contributed by atoms with van der Waals surface area (Å²) in [5.41, 5.74) is -3.06. The number of fused-ring (bicyclic) bond motifs is 1. The van der Waals surface area contributed by atoms with Gasteiger partial charge in [-0.1, -0.05) is 36.4 Å². The third kappa shape index (κ3) is 2.71. The molecule has 0 radical (unpaired) electrons. The molecule has 0 bridgehead atoms. The highest BCUT2D eigenvalue weighted by atomic mass is 19.1. The summed E-state index contributed by atoms with van der Waals surface area (Å²) in [5.74, 6) is -0.790. The average molecular weight is 357 g/mol. The molecule has 26 heavy (non-hydrogen) atoms. The van der Waals surface area contributed by atoms with Gasteiger partial charge >= 0.3 is 6.09 Å². The second-order valence-corrected chi connectivity index (χ2v) is 7.00. The summed E-state index contributed by atoms with van der Waals surface area (Å²) in [5, 5.41) is 0. The maximum atomic E-state index is 16.2. The predicted octanol–water partition coefficient (Wildman–Crippen LogP) is 4.19. The number of amides is 2. The highest BCUT2D eigenvalue weighted by Crippen LogP contribution is 2.49. The molecule has 1 aliphatic heterocycles. The van der Waals surface area contributed by atoms with Crippen molar-refractivity contribution in [2.24, 2.45) is 0 Å². The Morgan fingerprint density at radius 3 is 2.23 bits per heavy atom. The minimum absolute atomic E-state index is 0.0472. The van der Waals surface area contributed by atoms with E-state index in [1.54, 1.807) is 51.1 Å².